The lowest BCUT2D eigenvalue weighted by Gasteiger charge is -2.31. The maximum absolute atomic E-state index is 12.6. The van der Waals surface area contributed by atoms with E-state index in [-0.39, 0.29) is 22.5 Å². The van der Waals surface area contributed by atoms with E-state index in [1.165, 1.54) is 24.4 Å². The summed E-state index contributed by atoms with van der Waals surface area (Å²) in [5.41, 5.74) is -3.66. The maximum Gasteiger partial charge on any atom is 0.446 e. The zero-order chi connectivity index (χ0) is 17.5. The largest absolute Gasteiger partial charge is 0.492 e. The summed E-state index contributed by atoms with van der Waals surface area (Å²) in [5, 5.41) is 17.2. The normalized spacial score (nSPS) is 16.1. The van der Waals surface area contributed by atoms with Crippen molar-refractivity contribution in [3.05, 3.63) is 47.7 Å². The number of benzene rings is 1. The summed E-state index contributed by atoms with van der Waals surface area (Å²) >= 11 is -0.198. The molecule has 2 heterocycles. The van der Waals surface area contributed by atoms with Crippen molar-refractivity contribution < 1.29 is 23.0 Å². The number of nitrogens with zero attached hydrogens (tertiary/aromatic N) is 2. The number of ether oxygens (including phenoxy) is 1. The van der Waals surface area contributed by atoms with E-state index in [1.807, 2.05) is 13.8 Å². The molecule has 0 saturated heterocycles. The number of aromatic hydroxyl groups is 1. The minimum atomic E-state index is -4.38. The van der Waals surface area contributed by atoms with Gasteiger partial charge in [0.2, 0.25) is 5.88 Å². The van der Waals surface area contributed by atoms with E-state index in [0.717, 1.165) is 0 Å². The van der Waals surface area contributed by atoms with E-state index in [9.17, 15) is 18.3 Å². The van der Waals surface area contributed by atoms with Crippen molar-refractivity contribution in [3.63, 3.8) is 0 Å². The minimum Gasteiger partial charge on any atom is -0.492 e. The zero-order valence-electron chi connectivity index (χ0n) is 12.8. The van der Waals surface area contributed by atoms with Crippen molar-refractivity contribution in [2.75, 3.05) is 0 Å². The molecule has 2 aromatic rings. The number of fused-ring (bicyclic) bond motifs is 1. The minimum absolute atomic E-state index is 0.0389. The Morgan fingerprint density at radius 2 is 1.92 bits per heavy atom. The average Bonchev–Trinajstić information content (AvgIpc) is 2.45. The number of hydrogen-bond acceptors (Lipinski definition) is 5. The topological polar surface area (TPSA) is 55.2 Å². The van der Waals surface area contributed by atoms with E-state index in [1.54, 1.807) is 12.1 Å². The molecule has 0 amide bonds. The van der Waals surface area contributed by atoms with E-state index in [2.05, 4.69) is 10.2 Å². The molecule has 1 aromatic carbocycles. The summed E-state index contributed by atoms with van der Waals surface area (Å²) in [5.74, 6) is 0.154. The molecule has 3 rings (SSSR count). The molecule has 1 aliphatic heterocycles. The molecule has 4 nitrogen and oxygen atoms in total. The van der Waals surface area contributed by atoms with Crippen LogP contribution in [-0.2, 0) is 0 Å². The van der Waals surface area contributed by atoms with Crippen LogP contribution in [0.4, 0.5) is 13.2 Å². The standard InChI is InChI=1S/C16H13F3N2O2S/c1-15(2)8-12(10-5-6-20-21-14(10)22)11-7-9(24-16(17,18)19)3-4-13(11)23-15/h3-8H,1-2H3,(H,21,22). The number of hydrogen-bond donors (Lipinski definition) is 1. The first kappa shape index (κ1) is 16.6. The smallest absolute Gasteiger partial charge is 0.446 e. The van der Waals surface area contributed by atoms with Gasteiger partial charge >= 0.3 is 5.51 Å². The molecule has 0 fully saturated rings. The molecule has 0 spiro atoms. The molecule has 0 bridgehead atoms. The molecule has 24 heavy (non-hydrogen) atoms. The summed E-state index contributed by atoms with van der Waals surface area (Å²) in [4.78, 5) is 0.0389. The van der Waals surface area contributed by atoms with Gasteiger partial charge < -0.3 is 9.84 Å². The fourth-order valence-corrected chi connectivity index (χ4v) is 3.08. The quantitative estimate of drug-likeness (QED) is 0.811. The molecule has 1 aliphatic rings. The van der Waals surface area contributed by atoms with Crippen LogP contribution in [0.25, 0.3) is 5.57 Å². The van der Waals surface area contributed by atoms with Crippen LogP contribution in [0.3, 0.4) is 0 Å². The van der Waals surface area contributed by atoms with Crippen molar-refractivity contribution in [1.82, 2.24) is 10.2 Å². The molecule has 0 aliphatic carbocycles. The molecule has 0 saturated carbocycles. The summed E-state index contributed by atoms with van der Waals surface area (Å²) in [6.07, 6.45) is 3.15. The monoisotopic (exact) mass is 354 g/mol. The van der Waals surface area contributed by atoms with E-state index >= 15 is 0 Å². The lowest BCUT2D eigenvalue weighted by molar-refractivity contribution is -0.0328. The first-order valence-electron chi connectivity index (χ1n) is 6.98. The van der Waals surface area contributed by atoms with Crippen LogP contribution in [0.5, 0.6) is 11.6 Å². The number of thioether (sulfide) groups is 1. The van der Waals surface area contributed by atoms with E-state index in [4.69, 9.17) is 4.74 Å². The molecule has 0 atom stereocenters. The van der Waals surface area contributed by atoms with Crippen molar-refractivity contribution in [2.24, 2.45) is 0 Å². The van der Waals surface area contributed by atoms with E-state index < -0.39 is 11.1 Å². The van der Waals surface area contributed by atoms with Gasteiger partial charge in [-0.1, -0.05) is 0 Å². The Labute approximate surface area is 140 Å². The molecule has 1 aromatic heterocycles. The van der Waals surface area contributed by atoms with E-state index in [0.29, 0.717) is 22.4 Å². The van der Waals surface area contributed by atoms with Gasteiger partial charge in [0.25, 0.3) is 0 Å². The highest BCUT2D eigenvalue weighted by Crippen LogP contribution is 2.45. The average molecular weight is 354 g/mol. The van der Waals surface area contributed by atoms with Gasteiger partial charge in [-0.2, -0.15) is 18.3 Å². The Morgan fingerprint density at radius 1 is 1.17 bits per heavy atom. The number of alkyl halides is 3. The van der Waals surface area contributed by atoms with Crippen molar-refractivity contribution >= 4 is 17.3 Å². The van der Waals surface area contributed by atoms with Gasteiger partial charge in [0.05, 0.1) is 6.20 Å². The SMILES string of the molecule is CC1(C)C=C(c2ccnnc2O)c2cc(SC(F)(F)F)ccc2O1. The lowest BCUT2D eigenvalue weighted by atomic mass is 9.90. The second kappa shape index (κ2) is 5.70. The molecule has 0 unspecified atom stereocenters. The number of rotatable bonds is 2. The second-order valence-corrected chi connectivity index (χ2v) is 6.88. The van der Waals surface area contributed by atoms with Crippen molar-refractivity contribution in [1.29, 1.82) is 0 Å². The third kappa shape index (κ3) is 3.48. The number of aromatic nitrogens is 2. The zero-order valence-corrected chi connectivity index (χ0v) is 13.6. The van der Waals surface area contributed by atoms with Crippen LogP contribution in [0.15, 0.2) is 41.4 Å². The predicted octanol–water partition coefficient (Wildman–Crippen LogP) is 4.40. The van der Waals surface area contributed by atoms with Crippen LogP contribution in [0.2, 0.25) is 0 Å². The Kier molecular flexibility index (Phi) is 3.95. The predicted molar refractivity (Wildman–Crippen MR) is 83.8 cm³/mol. The molecule has 8 heteroatoms. The van der Waals surface area contributed by atoms with Gasteiger partial charge in [0.15, 0.2) is 0 Å². The van der Waals surface area contributed by atoms with Gasteiger partial charge in [0, 0.05) is 16.0 Å². The fourth-order valence-electron chi connectivity index (χ4n) is 2.50. The number of halogens is 3. The first-order chi connectivity index (χ1) is 11.1. The molecule has 1 N–H and O–H groups in total. The van der Waals surface area contributed by atoms with Gasteiger partial charge in [-0.3, -0.25) is 0 Å². The Morgan fingerprint density at radius 3 is 2.58 bits per heavy atom. The van der Waals surface area contributed by atoms with Crippen LogP contribution in [0.1, 0.15) is 25.0 Å². The summed E-state index contributed by atoms with van der Waals surface area (Å²) in [6, 6.07) is 5.82. The highest BCUT2D eigenvalue weighted by Gasteiger charge is 2.32. The van der Waals surface area contributed by atoms with Crippen molar-refractivity contribution in [3.8, 4) is 11.6 Å². The highest BCUT2D eigenvalue weighted by atomic mass is 32.2. The van der Waals surface area contributed by atoms with Gasteiger partial charge in [-0.25, -0.2) is 0 Å². The van der Waals surface area contributed by atoms with Gasteiger partial charge in [-0.15, -0.1) is 5.10 Å². The molecular formula is C16H13F3N2O2S. The van der Waals surface area contributed by atoms with Crippen LogP contribution in [0, 0.1) is 0 Å². The van der Waals surface area contributed by atoms with Crippen LogP contribution in [-0.4, -0.2) is 26.4 Å². The Balaban J connectivity index is 2.14. The maximum atomic E-state index is 12.6. The van der Waals surface area contributed by atoms with Crippen LogP contribution >= 0.6 is 11.8 Å². The summed E-state index contributed by atoms with van der Waals surface area (Å²) < 4.78 is 43.7. The summed E-state index contributed by atoms with van der Waals surface area (Å²) in [6.45, 7) is 3.64. The fraction of sp³-hybridized carbons (Fsp3) is 0.250. The lowest BCUT2D eigenvalue weighted by Crippen LogP contribution is -2.29. The molecule has 0 radical (unpaired) electrons. The third-order valence-electron chi connectivity index (χ3n) is 3.33. The Bertz CT molecular complexity index is 819. The second-order valence-electron chi connectivity index (χ2n) is 5.74. The van der Waals surface area contributed by atoms with Gasteiger partial charge in [-0.05, 0) is 61.5 Å². The van der Waals surface area contributed by atoms with Crippen molar-refractivity contribution in [2.45, 2.75) is 29.9 Å². The molecular weight excluding hydrogens is 341 g/mol. The van der Waals surface area contributed by atoms with Gasteiger partial charge in [0.1, 0.15) is 11.4 Å². The summed E-state index contributed by atoms with van der Waals surface area (Å²) in [7, 11) is 0. The third-order valence-corrected chi connectivity index (χ3v) is 4.05. The van der Waals surface area contributed by atoms with Crippen LogP contribution < -0.4 is 4.74 Å². The first-order valence-corrected chi connectivity index (χ1v) is 7.79. The highest BCUT2D eigenvalue weighted by molar-refractivity contribution is 8.00. The molecule has 126 valence electrons. The Hall–Kier alpha value is -2.22.